The second-order valence-electron chi connectivity index (χ2n) is 5.03. The number of benzene rings is 1. The monoisotopic (exact) mass is 271 g/mol. The van der Waals surface area contributed by atoms with Gasteiger partial charge in [-0.25, -0.2) is 4.39 Å². The van der Waals surface area contributed by atoms with E-state index in [9.17, 15) is 4.39 Å². The van der Waals surface area contributed by atoms with Gasteiger partial charge in [-0.15, -0.1) is 0 Å². The van der Waals surface area contributed by atoms with Crippen molar-refractivity contribution in [3.63, 3.8) is 0 Å². The molecular weight excluding hydrogens is 253 g/mol. The largest absolute Gasteiger partial charge is 0.378 e. The van der Waals surface area contributed by atoms with Crippen molar-refractivity contribution in [3.8, 4) is 0 Å². The molecular formula is C14H19ClFNO. The lowest BCUT2D eigenvalue weighted by Crippen LogP contribution is -2.26. The van der Waals surface area contributed by atoms with Crippen LogP contribution in [0, 0.1) is 18.7 Å². The molecule has 0 saturated carbocycles. The van der Waals surface area contributed by atoms with Gasteiger partial charge < -0.3 is 10.1 Å². The van der Waals surface area contributed by atoms with Crippen LogP contribution < -0.4 is 5.32 Å². The van der Waals surface area contributed by atoms with E-state index >= 15 is 0 Å². The Labute approximate surface area is 112 Å². The highest BCUT2D eigenvalue weighted by atomic mass is 35.5. The maximum absolute atomic E-state index is 13.4. The lowest BCUT2D eigenvalue weighted by atomic mass is 9.90. The van der Waals surface area contributed by atoms with Gasteiger partial charge in [-0.05, 0) is 44.5 Å². The molecule has 1 aromatic rings. The van der Waals surface area contributed by atoms with Crippen LogP contribution in [-0.4, -0.2) is 19.8 Å². The Kier molecular flexibility index (Phi) is 4.25. The first-order valence-electron chi connectivity index (χ1n) is 6.27. The summed E-state index contributed by atoms with van der Waals surface area (Å²) in [6.45, 7) is 4.55. The van der Waals surface area contributed by atoms with Crippen molar-refractivity contribution in [1.82, 2.24) is 5.32 Å². The summed E-state index contributed by atoms with van der Waals surface area (Å²) in [4.78, 5) is 0. The average Bonchev–Trinajstić information content (AvgIpc) is 2.73. The minimum Gasteiger partial charge on any atom is -0.378 e. The summed E-state index contributed by atoms with van der Waals surface area (Å²) < 4.78 is 19.0. The predicted octanol–water partition coefficient (Wildman–Crippen LogP) is 3.47. The minimum absolute atomic E-state index is 0.113. The lowest BCUT2D eigenvalue weighted by molar-refractivity contribution is 0.117. The van der Waals surface area contributed by atoms with Crippen LogP contribution in [0.15, 0.2) is 12.1 Å². The van der Waals surface area contributed by atoms with E-state index in [1.54, 1.807) is 6.92 Å². The summed E-state index contributed by atoms with van der Waals surface area (Å²) in [7, 11) is 1.91. The zero-order valence-corrected chi connectivity index (χ0v) is 11.7. The van der Waals surface area contributed by atoms with E-state index in [-0.39, 0.29) is 18.0 Å². The van der Waals surface area contributed by atoms with Gasteiger partial charge in [-0.1, -0.05) is 17.7 Å². The van der Waals surface area contributed by atoms with Crippen molar-refractivity contribution >= 4 is 11.6 Å². The molecule has 1 aliphatic heterocycles. The van der Waals surface area contributed by atoms with Crippen LogP contribution in [0.1, 0.15) is 30.5 Å². The molecule has 0 spiro atoms. The fourth-order valence-corrected chi connectivity index (χ4v) is 2.91. The summed E-state index contributed by atoms with van der Waals surface area (Å²) >= 11 is 6.17. The van der Waals surface area contributed by atoms with Crippen LogP contribution in [0.25, 0.3) is 0 Å². The molecule has 0 aromatic heterocycles. The van der Waals surface area contributed by atoms with Gasteiger partial charge in [0.1, 0.15) is 5.82 Å². The Balaban J connectivity index is 2.30. The van der Waals surface area contributed by atoms with E-state index in [1.807, 2.05) is 13.1 Å². The zero-order chi connectivity index (χ0) is 13.3. The van der Waals surface area contributed by atoms with Gasteiger partial charge in [0, 0.05) is 17.0 Å². The summed E-state index contributed by atoms with van der Waals surface area (Å²) in [5, 5.41) is 3.76. The molecule has 18 heavy (non-hydrogen) atoms. The minimum atomic E-state index is -0.255. The zero-order valence-electron chi connectivity index (χ0n) is 11.0. The van der Waals surface area contributed by atoms with Crippen LogP contribution in [0.3, 0.4) is 0 Å². The molecule has 2 rings (SSSR count). The first kappa shape index (κ1) is 13.8. The molecule has 1 saturated heterocycles. The van der Waals surface area contributed by atoms with Crippen LogP contribution >= 0.6 is 11.6 Å². The number of halogens is 2. The summed E-state index contributed by atoms with van der Waals surface area (Å²) in [5.74, 6) is 0.127. The molecule has 2 nitrogen and oxygen atoms in total. The third-order valence-corrected chi connectivity index (χ3v) is 3.95. The SMILES string of the molecule is CNC(c1cc(C)c(F)cc1Cl)C1COC(C)C1. The van der Waals surface area contributed by atoms with Gasteiger partial charge in [-0.2, -0.15) is 0 Å². The molecule has 1 aromatic carbocycles. The predicted molar refractivity (Wildman–Crippen MR) is 71.5 cm³/mol. The number of hydrogen-bond donors (Lipinski definition) is 1. The topological polar surface area (TPSA) is 21.3 Å². The Morgan fingerprint density at radius 1 is 1.50 bits per heavy atom. The number of hydrogen-bond acceptors (Lipinski definition) is 2. The Hall–Kier alpha value is -0.640. The summed E-state index contributed by atoms with van der Waals surface area (Å²) in [5.41, 5.74) is 1.59. The Morgan fingerprint density at radius 2 is 2.22 bits per heavy atom. The van der Waals surface area contributed by atoms with Crippen molar-refractivity contribution in [3.05, 3.63) is 34.1 Å². The van der Waals surface area contributed by atoms with Crippen LogP contribution in [0.4, 0.5) is 4.39 Å². The average molecular weight is 272 g/mol. The van der Waals surface area contributed by atoms with E-state index in [4.69, 9.17) is 16.3 Å². The van der Waals surface area contributed by atoms with Crippen LogP contribution in [0.5, 0.6) is 0 Å². The van der Waals surface area contributed by atoms with Gasteiger partial charge in [0.25, 0.3) is 0 Å². The highest BCUT2D eigenvalue weighted by Gasteiger charge is 2.31. The van der Waals surface area contributed by atoms with Crippen molar-refractivity contribution in [2.45, 2.75) is 32.4 Å². The van der Waals surface area contributed by atoms with E-state index < -0.39 is 0 Å². The van der Waals surface area contributed by atoms with Crippen molar-refractivity contribution in [2.24, 2.45) is 5.92 Å². The molecule has 0 bridgehead atoms. The van der Waals surface area contributed by atoms with Crippen LogP contribution in [0.2, 0.25) is 5.02 Å². The quantitative estimate of drug-likeness (QED) is 0.909. The molecule has 3 unspecified atom stereocenters. The molecule has 1 fully saturated rings. The van der Waals surface area contributed by atoms with E-state index in [0.29, 0.717) is 16.5 Å². The maximum atomic E-state index is 13.4. The second kappa shape index (κ2) is 5.55. The molecule has 100 valence electrons. The first-order chi connectivity index (χ1) is 8.52. The van der Waals surface area contributed by atoms with Gasteiger partial charge in [-0.3, -0.25) is 0 Å². The van der Waals surface area contributed by atoms with E-state index in [2.05, 4.69) is 12.2 Å². The number of rotatable bonds is 3. The molecule has 3 atom stereocenters. The van der Waals surface area contributed by atoms with Crippen molar-refractivity contribution < 1.29 is 9.13 Å². The highest BCUT2D eigenvalue weighted by molar-refractivity contribution is 6.31. The van der Waals surface area contributed by atoms with Crippen LogP contribution in [-0.2, 0) is 4.74 Å². The fraction of sp³-hybridized carbons (Fsp3) is 0.571. The highest BCUT2D eigenvalue weighted by Crippen LogP contribution is 2.35. The lowest BCUT2D eigenvalue weighted by Gasteiger charge is -2.24. The van der Waals surface area contributed by atoms with E-state index in [1.165, 1.54) is 6.07 Å². The first-order valence-corrected chi connectivity index (χ1v) is 6.65. The third kappa shape index (κ3) is 2.68. The smallest absolute Gasteiger partial charge is 0.127 e. The van der Waals surface area contributed by atoms with Crippen molar-refractivity contribution in [1.29, 1.82) is 0 Å². The van der Waals surface area contributed by atoms with Gasteiger partial charge in [0.15, 0.2) is 0 Å². The maximum Gasteiger partial charge on any atom is 0.127 e. The standard InChI is InChI=1S/C14H19ClFNO/c1-8-4-11(12(15)6-13(8)16)14(17-3)10-5-9(2)18-7-10/h4,6,9-10,14,17H,5,7H2,1-3H3. The number of nitrogens with one attached hydrogen (secondary N) is 1. The van der Waals surface area contributed by atoms with Crippen molar-refractivity contribution in [2.75, 3.05) is 13.7 Å². The molecule has 0 aliphatic carbocycles. The number of ether oxygens (including phenoxy) is 1. The molecule has 0 amide bonds. The van der Waals surface area contributed by atoms with Gasteiger partial charge in [0.05, 0.1) is 12.7 Å². The molecule has 1 N–H and O–H groups in total. The van der Waals surface area contributed by atoms with Gasteiger partial charge >= 0.3 is 0 Å². The fourth-order valence-electron chi connectivity index (χ4n) is 2.65. The second-order valence-corrected chi connectivity index (χ2v) is 5.44. The van der Waals surface area contributed by atoms with E-state index in [0.717, 1.165) is 18.6 Å². The van der Waals surface area contributed by atoms with Gasteiger partial charge in [0.2, 0.25) is 0 Å². The summed E-state index contributed by atoms with van der Waals surface area (Å²) in [6.07, 6.45) is 1.28. The normalized spacial score (nSPS) is 25.4. The molecule has 1 aliphatic rings. The third-order valence-electron chi connectivity index (χ3n) is 3.62. The molecule has 4 heteroatoms. The number of aryl methyl sites for hydroxylation is 1. The Bertz CT molecular complexity index is 438. The summed E-state index contributed by atoms with van der Waals surface area (Å²) in [6, 6.07) is 3.35. The molecule has 1 heterocycles. The Morgan fingerprint density at radius 3 is 2.78 bits per heavy atom. The molecule has 0 radical (unpaired) electrons.